The number of rotatable bonds is 2. The molecule has 0 saturated carbocycles. The highest BCUT2D eigenvalue weighted by Gasteiger charge is 2.30. The molecule has 0 bridgehead atoms. The van der Waals surface area contributed by atoms with Crippen LogP contribution < -0.4 is 4.74 Å². The van der Waals surface area contributed by atoms with Gasteiger partial charge in [0.05, 0.1) is 4.34 Å². The predicted octanol–water partition coefficient (Wildman–Crippen LogP) is 4.20. The van der Waals surface area contributed by atoms with E-state index >= 15 is 0 Å². The molecule has 1 aromatic carbocycles. The number of benzene rings is 1. The average Bonchev–Trinajstić information content (AvgIpc) is 2.88. The van der Waals surface area contributed by atoms with Crippen molar-refractivity contribution in [2.75, 3.05) is 0 Å². The van der Waals surface area contributed by atoms with E-state index in [2.05, 4.69) is 13.8 Å². The normalized spacial score (nSPS) is 17.9. The number of aliphatic hydroxyl groups is 1. The van der Waals surface area contributed by atoms with Gasteiger partial charge in [0, 0.05) is 11.3 Å². The number of fused-ring (bicyclic) bond motifs is 1. The third-order valence-corrected chi connectivity index (χ3v) is 4.55. The first-order valence-electron chi connectivity index (χ1n) is 6.20. The second-order valence-electron chi connectivity index (χ2n) is 5.45. The molecule has 1 aliphatic heterocycles. The Morgan fingerprint density at radius 2 is 2.11 bits per heavy atom. The van der Waals surface area contributed by atoms with Crippen molar-refractivity contribution in [3.8, 4) is 5.75 Å². The molecule has 2 heterocycles. The summed E-state index contributed by atoms with van der Waals surface area (Å²) in [6.45, 7) is 4.14. The Labute approximate surface area is 121 Å². The number of thiophene rings is 1. The summed E-state index contributed by atoms with van der Waals surface area (Å²) in [6, 6.07) is 9.56. The van der Waals surface area contributed by atoms with Crippen LogP contribution in [0.1, 0.15) is 36.0 Å². The highest BCUT2D eigenvalue weighted by molar-refractivity contribution is 7.16. The molecule has 4 heteroatoms. The van der Waals surface area contributed by atoms with E-state index in [4.69, 9.17) is 16.3 Å². The molecule has 2 aromatic rings. The van der Waals surface area contributed by atoms with Gasteiger partial charge < -0.3 is 9.84 Å². The maximum absolute atomic E-state index is 10.4. The van der Waals surface area contributed by atoms with E-state index < -0.39 is 6.10 Å². The molecule has 1 aromatic heterocycles. The van der Waals surface area contributed by atoms with Gasteiger partial charge >= 0.3 is 0 Å². The zero-order chi connectivity index (χ0) is 13.6. The lowest BCUT2D eigenvalue weighted by Crippen LogP contribution is -2.24. The molecule has 0 radical (unpaired) electrons. The van der Waals surface area contributed by atoms with Crippen LogP contribution in [-0.2, 0) is 6.42 Å². The van der Waals surface area contributed by atoms with Crippen molar-refractivity contribution in [3.05, 3.63) is 50.7 Å². The van der Waals surface area contributed by atoms with Crippen molar-refractivity contribution in [2.24, 2.45) is 0 Å². The van der Waals surface area contributed by atoms with E-state index in [1.54, 1.807) is 0 Å². The van der Waals surface area contributed by atoms with Crippen LogP contribution in [-0.4, -0.2) is 10.7 Å². The van der Waals surface area contributed by atoms with E-state index in [0.717, 1.165) is 28.2 Å². The van der Waals surface area contributed by atoms with Gasteiger partial charge in [-0.3, -0.25) is 0 Å². The Morgan fingerprint density at radius 3 is 2.79 bits per heavy atom. The molecule has 0 saturated heterocycles. The Bertz CT molecular complexity index is 618. The van der Waals surface area contributed by atoms with Crippen molar-refractivity contribution in [1.29, 1.82) is 0 Å². The molecular weight excluding hydrogens is 280 g/mol. The van der Waals surface area contributed by atoms with Crippen LogP contribution in [0.3, 0.4) is 0 Å². The van der Waals surface area contributed by atoms with Crippen LogP contribution in [0, 0.1) is 0 Å². The minimum absolute atomic E-state index is 0.155. The maximum atomic E-state index is 10.4. The molecule has 19 heavy (non-hydrogen) atoms. The smallest absolute Gasteiger partial charge is 0.123 e. The Kier molecular flexibility index (Phi) is 3.08. The first-order valence-corrected chi connectivity index (χ1v) is 7.39. The number of ether oxygens (including phenoxy) is 1. The third-order valence-electron chi connectivity index (χ3n) is 3.27. The molecule has 0 amide bonds. The van der Waals surface area contributed by atoms with Gasteiger partial charge in [0.25, 0.3) is 0 Å². The van der Waals surface area contributed by atoms with Crippen LogP contribution in [0.15, 0.2) is 30.3 Å². The van der Waals surface area contributed by atoms with Gasteiger partial charge in [0.2, 0.25) is 0 Å². The average molecular weight is 295 g/mol. The molecule has 1 aliphatic rings. The molecule has 1 unspecified atom stereocenters. The molecule has 2 nitrogen and oxygen atoms in total. The van der Waals surface area contributed by atoms with E-state index in [9.17, 15) is 5.11 Å². The Balaban J connectivity index is 1.92. The van der Waals surface area contributed by atoms with Crippen LogP contribution >= 0.6 is 22.9 Å². The monoisotopic (exact) mass is 294 g/mol. The minimum atomic E-state index is -0.619. The highest BCUT2D eigenvalue weighted by atomic mass is 35.5. The van der Waals surface area contributed by atoms with E-state index in [-0.39, 0.29) is 5.60 Å². The van der Waals surface area contributed by atoms with Crippen LogP contribution in [0.25, 0.3) is 0 Å². The molecule has 3 rings (SSSR count). The molecule has 0 fully saturated rings. The van der Waals surface area contributed by atoms with Gasteiger partial charge in [-0.15, -0.1) is 11.3 Å². The number of hydrogen-bond donors (Lipinski definition) is 1. The Hall–Kier alpha value is -1.03. The summed E-state index contributed by atoms with van der Waals surface area (Å²) in [5.41, 5.74) is 1.89. The molecule has 1 N–H and O–H groups in total. The number of hydrogen-bond acceptors (Lipinski definition) is 3. The predicted molar refractivity (Wildman–Crippen MR) is 78.2 cm³/mol. The lowest BCUT2D eigenvalue weighted by molar-refractivity contribution is 0.138. The first kappa shape index (κ1) is 13.0. The third kappa shape index (κ3) is 2.50. The summed E-state index contributed by atoms with van der Waals surface area (Å²) in [7, 11) is 0. The molecule has 100 valence electrons. The second-order valence-corrected chi connectivity index (χ2v) is 7.20. The standard InChI is InChI=1S/C15H15ClO2S/c1-15(2)8-10-7-9(3-4-11(10)18-15)14(17)12-5-6-13(16)19-12/h3-7,14,17H,8H2,1-2H3. The highest BCUT2D eigenvalue weighted by Crippen LogP contribution is 2.38. The van der Waals surface area contributed by atoms with Crippen molar-refractivity contribution < 1.29 is 9.84 Å². The summed E-state index contributed by atoms with van der Waals surface area (Å²) in [4.78, 5) is 0.864. The topological polar surface area (TPSA) is 29.5 Å². The van der Waals surface area contributed by atoms with Crippen LogP contribution in [0.5, 0.6) is 5.75 Å². The summed E-state index contributed by atoms with van der Waals surface area (Å²) < 4.78 is 6.53. The van der Waals surface area contributed by atoms with Gasteiger partial charge in [0.1, 0.15) is 17.5 Å². The van der Waals surface area contributed by atoms with Gasteiger partial charge in [0.15, 0.2) is 0 Å². The SMILES string of the molecule is CC1(C)Cc2cc(C(O)c3ccc(Cl)s3)ccc2O1. The summed E-state index contributed by atoms with van der Waals surface area (Å²) in [5.74, 6) is 0.921. The first-order chi connectivity index (χ1) is 8.94. The zero-order valence-corrected chi connectivity index (χ0v) is 12.4. The summed E-state index contributed by atoms with van der Waals surface area (Å²) in [6.07, 6.45) is 0.250. The van der Waals surface area contributed by atoms with Gasteiger partial charge in [-0.25, -0.2) is 0 Å². The van der Waals surface area contributed by atoms with Gasteiger partial charge in [-0.2, -0.15) is 0 Å². The quantitative estimate of drug-likeness (QED) is 0.899. The molecule has 0 spiro atoms. The maximum Gasteiger partial charge on any atom is 0.123 e. The lowest BCUT2D eigenvalue weighted by atomic mass is 9.98. The molecule has 0 aliphatic carbocycles. The van der Waals surface area contributed by atoms with Crippen LogP contribution in [0.4, 0.5) is 0 Å². The van der Waals surface area contributed by atoms with Gasteiger partial charge in [-0.05, 0) is 49.2 Å². The fraction of sp³-hybridized carbons (Fsp3) is 0.333. The summed E-state index contributed by atoms with van der Waals surface area (Å²) in [5, 5.41) is 10.4. The van der Waals surface area contributed by atoms with Crippen molar-refractivity contribution in [1.82, 2.24) is 0 Å². The Morgan fingerprint density at radius 1 is 1.32 bits per heavy atom. The van der Waals surface area contributed by atoms with Gasteiger partial charge in [-0.1, -0.05) is 17.7 Å². The summed E-state index contributed by atoms with van der Waals surface area (Å²) >= 11 is 7.32. The molecule has 1 atom stereocenters. The van der Waals surface area contributed by atoms with Crippen molar-refractivity contribution in [2.45, 2.75) is 32.0 Å². The number of aliphatic hydroxyl groups excluding tert-OH is 1. The van der Waals surface area contributed by atoms with Crippen LogP contribution in [0.2, 0.25) is 4.34 Å². The minimum Gasteiger partial charge on any atom is -0.487 e. The van der Waals surface area contributed by atoms with E-state index in [1.807, 2.05) is 30.3 Å². The van der Waals surface area contributed by atoms with Crippen molar-refractivity contribution in [3.63, 3.8) is 0 Å². The van der Waals surface area contributed by atoms with E-state index in [0.29, 0.717) is 4.34 Å². The number of halogens is 1. The fourth-order valence-corrected chi connectivity index (χ4v) is 3.51. The van der Waals surface area contributed by atoms with Crippen molar-refractivity contribution >= 4 is 22.9 Å². The zero-order valence-electron chi connectivity index (χ0n) is 10.8. The molecular formula is C15H15ClO2S. The van der Waals surface area contributed by atoms with E-state index in [1.165, 1.54) is 11.3 Å². The largest absolute Gasteiger partial charge is 0.487 e. The fourth-order valence-electron chi connectivity index (χ4n) is 2.44. The lowest BCUT2D eigenvalue weighted by Gasteiger charge is -2.16. The second kappa shape index (κ2) is 4.51.